The number of hydrogen-bond donors (Lipinski definition) is 0. The predicted molar refractivity (Wildman–Crippen MR) is 69.6 cm³/mol. The first-order valence-corrected chi connectivity index (χ1v) is 6.91. The molecular weight excluding hydrogens is 246 g/mol. The van der Waals surface area contributed by atoms with Crippen molar-refractivity contribution in [2.45, 2.75) is 58.2 Å². The molecule has 5 heteroatoms. The van der Waals surface area contributed by atoms with Crippen molar-refractivity contribution in [1.29, 1.82) is 0 Å². The van der Waals surface area contributed by atoms with Gasteiger partial charge >= 0.3 is 6.09 Å². The van der Waals surface area contributed by atoms with Gasteiger partial charge in [0.05, 0.1) is 0 Å². The number of likely N-dealkylation sites (tertiary alicyclic amines) is 1. The van der Waals surface area contributed by atoms with Crippen LogP contribution in [-0.4, -0.2) is 42.3 Å². The molecule has 1 saturated carbocycles. The lowest BCUT2D eigenvalue weighted by molar-refractivity contribution is -0.149. The van der Waals surface area contributed by atoms with Gasteiger partial charge in [-0.25, -0.2) is 4.79 Å². The summed E-state index contributed by atoms with van der Waals surface area (Å²) >= 11 is 0. The van der Waals surface area contributed by atoms with Gasteiger partial charge in [0.25, 0.3) is 6.47 Å². The number of hydrogen-bond acceptors (Lipinski definition) is 4. The number of rotatable bonds is 2. The Morgan fingerprint density at radius 3 is 2.32 bits per heavy atom. The molecule has 2 fully saturated rings. The Labute approximate surface area is 114 Å². The predicted octanol–water partition coefficient (Wildman–Crippen LogP) is 2.34. The molecule has 5 nitrogen and oxygen atoms in total. The van der Waals surface area contributed by atoms with Crippen LogP contribution in [0.5, 0.6) is 0 Å². The molecule has 0 aromatic heterocycles. The Balaban J connectivity index is 1.77. The van der Waals surface area contributed by atoms with E-state index in [9.17, 15) is 9.59 Å². The number of carbonyl (C=O) groups excluding carboxylic acids is 2. The SMILES string of the molecule is CC(C)(C)OC(=O)N1CCC2(CC1)CC(OC=O)C2. The van der Waals surface area contributed by atoms with Gasteiger partial charge in [0, 0.05) is 13.1 Å². The summed E-state index contributed by atoms with van der Waals surface area (Å²) in [5, 5.41) is 0. The van der Waals surface area contributed by atoms with E-state index in [2.05, 4.69) is 0 Å². The molecule has 0 radical (unpaired) electrons. The van der Waals surface area contributed by atoms with Gasteiger partial charge in [-0.2, -0.15) is 0 Å². The summed E-state index contributed by atoms with van der Waals surface area (Å²) in [5.41, 5.74) is -0.155. The first kappa shape index (κ1) is 14.2. The molecule has 0 atom stereocenters. The minimum Gasteiger partial charge on any atom is -0.465 e. The third-order valence-corrected chi connectivity index (χ3v) is 4.05. The first-order chi connectivity index (χ1) is 8.84. The van der Waals surface area contributed by atoms with Gasteiger partial charge in [0.1, 0.15) is 11.7 Å². The second-order valence-electron chi connectivity index (χ2n) is 6.73. The van der Waals surface area contributed by atoms with Crippen LogP contribution in [0.15, 0.2) is 0 Å². The molecule has 1 aliphatic heterocycles. The molecule has 1 heterocycles. The highest BCUT2D eigenvalue weighted by Crippen LogP contribution is 2.50. The van der Waals surface area contributed by atoms with Crippen molar-refractivity contribution in [1.82, 2.24) is 4.90 Å². The van der Waals surface area contributed by atoms with Crippen molar-refractivity contribution in [2.24, 2.45) is 5.41 Å². The number of amides is 1. The fraction of sp³-hybridized carbons (Fsp3) is 0.857. The Morgan fingerprint density at radius 1 is 1.26 bits per heavy atom. The highest BCUT2D eigenvalue weighted by Gasteiger charge is 2.47. The van der Waals surface area contributed by atoms with E-state index in [1.54, 1.807) is 4.90 Å². The number of ether oxygens (including phenoxy) is 2. The van der Waals surface area contributed by atoms with Crippen molar-refractivity contribution >= 4 is 12.6 Å². The molecular formula is C14H23NO4. The lowest BCUT2D eigenvalue weighted by Crippen LogP contribution is -2.51. The lowest BCUT2D eigenvalue weighted by Gasteiger charge is -2.50. The molecule has 0 aromatic carbocycles. The molecule has 0 aromatic rings. The van der Waals surface area contributed by atoms with Crippen LogP contribution in [0.4, 0.5) is 4.79 Å². The van der Waals surface area contributed by atoms with Crippen molar-refractivity contribution in [3.05, 3.63) is 0 Å². The van der Waals surface area contributed by atoms with Crippen LogP contribution in [0.2, 0.25) is 0 Å². The average molecular weight is 269 g/mol. The quantitative estimate of drug-likeness (QED) is 0.722. The molecule has 0 bridgehead atoms. The maximum absolute atomic E-state index is 11.9. The monoisotopic (exact) mass is 269 g/mol. The third kappa shape index (κ3) is 3.39. The van der Waals surface area contributed by atoms with E-state index in [1.165, 1.54) is 0 Å². The topological polar surface area (TPSA) is 55.8 Å². The van der Waals surface area contributed by atoms with Crippen LogP contribution < -0.4 is 0 Å². The van der Waals surface area contributed by atoms with E-state index in [4.69, 9.17) is 9.47 Å². The Bertz CT molecular complexity index is 345. The van der Waals surface area contributed by atoms with Gasteiger partial charge in [0.15, 0.2) is 0 Å². The van der Waals surface area contributed by atoms with E-state index in [0.717, 1.165) is 38.8 Å². The van der Waals surface area contributed by atoms with Crippen LogP contribution in [0.1, 0.15) is 46.5 Å². The Kier molecular flexibility index (Phi) is 3.74. The molecule has 0 unspecified atom stereocenters. The molecule has 1 amide bonds. The first-order valence-electron chi connectivity index (χ1n) is 6.91. The standard InChI is InChI=1S/C14H23NO4/c1-13(2,3)19-12(17)15-6-4-14(5-7-15)8-11(9-14)18-10-16/h10-11H,4-9H2,1-3H3. The third-order valence-electron chi connectivity index (χ3n) is 4.05. The molecule has 1 aliphatic carbocycles. The second-order valence-corrected chi connectivity index (χ2v) is 6.73. The van der Waals surface area contributed by atoms with Gasteiger partial charge < -0.3 is 14.4 Å². The highest BCUT2D eigenvalue weighted by molar-refractivity contribution is 5.68. The Hall–Kier alpha value is -1.26. The van der Waals surface area contributed by atoms with Crippen LogP contribution >= 0.6 is 0 Å². The van der Waals surface area contributed by atoms with Crippen molar-refractivity contribution in [3.63, 3.8) is 0 Å². The zero-order valence-electron chi connectivity index (χ0n) is 12.0. The number of nitrogens with zero attached hydrogens (tertiary/aromatic N) is 1. The summed E-state index contributed by atoms with van der Waals surface area (Å²) < 4.78 is 10.3. The molecule has 2 aliphatic rings. The largest absolute Gasteiger partial charge is 0.465 e. The van der Waals surface area contributed by atoms with E-state index in [-0.39, 0.29) is 17.6 Å². The lowest BCUT2D eigenvalue weighted by atomic mass is 9.61. The highest BCUT2D eigenvalue weighted by atomic mass is 16.6. The van der Waals surface area contributed by atoms with Crippen LogP contribution in [0.25, 0.3) is 0 Å². The van der Waals surface area contributed by atoms with Gasteiger partial charge in [-0.15, -0.1) is 0 Å². The normalized spacial score (nSPS) is 22.8. The van der Waals surface area contributed by atoms with Crippen LogP contribution in [0, 0.1) is 5.41 Å². The summed E-state index contributed by atoms with van der Waals surface area (Å²) in [4.78, 5) is 24.0. The fourth-order valence-electron chi connectivity index (χ4n) is 2.98. The van der Waals surface area contributed by atoms with Crippen LogP contribution in [-0.2, 0) is 14.3 Å². The number of carbonyl (C=O) groups is 2. The van der Waals surface area contributed by atoms with Gasteiger partial charge in [-0.3, -0.25) is 4.79 Å². The maximum Gasteiger partial charge on any atom is 0.410 e. The number of piperidine rings is 1. The molecule has 1 saturated heterocycles. The van der Waals surface area contributed by atoms with Crippen molar-refractivity contribution in [2.75, 3.05) is 13.1 Å². The summed E-state index contributed by atoms with van der Waals surface area (Å²) in [6.45, 7) is 7.65. The summed E-state index contributed by atoms with van der Waals surface area (Å²) in [5.74, 6) is 0. The van der Waals surface area contributed by atoms with Crippen molar-refractivity contribution in [3.8, 4) is 0 Å². The van der Waals surface area contributed by atoms with Crippen LogP contribution in [0.3, 0.4) is 0 Å². The molecule has 2 rings (SSSR count). The summed E-state index contributed by atoms with van der Waals surface area (Å²) in [6.07, 6.45) is 3.70. The summed E-state index contributed by atoms with van der Waals surface area (Å²) in [7, 11) is 0. The summed E-state index contributed by atoms with van der Waals surface area (Å²) in [6, 6.07) is 0. The minimum absolute atomic E-state index is 0.0885. The zero-order chi connectivity index (χ0) is 14.1. The van der Waals surface area contributed by atoms with E-state index in [1.807, 2.05) is 20.8 Å². The van der Waals surface area contributed by atoms with E-state index >= 15 is 0 Å². The van der Waals surface area contributed by atoms with Gasteiger partial charge in [-0.1, -0.05) is 0 Å². The zero-order valence-corrected chi connectivity index (χ0v) is 12.0. The average Bonchev–Trinajstić information content (AvgIpc) is 2.26. The van der Waals surface area contributed by atoms with Crippen molar-refractivity contribution < 1.29 is 19.1 Å². The maximum atomic E-state index is 11.9. The van der Waals surface area contributed by atoms with Gasteiger partial charge in [-0.05, 0) is 51.9 Å². The van der Waals surface area contributed by atoms with Gasteiger partial charge in [0.2, 0.25) is 0 Å². The minimum atomic E-state index is -0.439. The second kappa shape index (κ2) is 5.02. The molecule has 1 spiro atoms. The molecule has 0 N–H and O–H groups in total. The van der Waals surface area contributed by atoms with E-state index < -0.39 is 5.60 Å². The Morgan fingerprint density at radius 2 is 1.84 bits per heavy atom. The molecule has 19 heavy (non-hydrogen) atoms. The smallest absolute Gasteiger partial charge is 0.410 e. The fourth-order valence-corrected chi connectivity index (χ4v) is 2.98. The molecule has 108 valence electrons. The van der Waals surface area contributed by atoms with E-state index in [0.29, 0.717) is 6.47 Å².